The molecule has 3 rings (SSSR count). The number of halogens is 1. The van der Waals surface area contributed by atoms with E-state index in [1.165, 1.54) is 18.5 Å². The third kappa shape index (κ3) is 3.76. The van der Waals surface area contributed by atoms with Gasteiger partial charge in [-0.05, 0) is 24.3 Å². The molecule has 130 valence electrons. The van der Waals surface area contributed by atoms with Gasteiger partial charge in [-0.15, -0.1) is 0 Å². The molecule has 26 heavy (non-hydrogen) atoms. The van der Waals surface area contributed by atoms with Crippen molar-refractivity contribution in [3.05, 3.63) is 64.9 Å². The van der Waals surface area contributed by atoms with Gasteiger partial charge in [-0.25, -0.2) is 10.4 Å². The van der Waals surface area contributed by atoms with Crippen molar-refractivity contribution in [1.29, 1.82) is 0 Å². The summed E-state index contributed by atoms with van der Waals surface area (Å²) in [5, 5.41) is 23.6. The lowest BCUT2D eigenvalue weighted by atomic mass is 10.2. The van der Waals surface area contributed by atoms with Crippen molar-refractivity contribution in [2.45, 2.75) is 0 Å². The van der Waals surface area contributed by atoms with Gasteiger partial charge in [0.15, 0.2) is 5.82 Å². The van der Waals surface area contributed by atoms with Gasteiger partial charge in [-0.2, -0.15) is 10.1 Å². The number of benzene rings is 1. The van der Waals surface area contributed by atoms with E-state index in [9.17, 15) is 15.0 Å². The van der Waals surface area contributed by atoms with Crippen molar-refractivity contribution < 1.29 is 15.0 Å². The number of phenols is 1. The average Bonchev–Trinajstić information content (AvgIpc) is 2.65. The Balaban J connectivity index is 1.74. The molecular formula is C17H12ClN5O3. The normalized spacial score (nSPS) is 10.8. The van der Waals surface area contributed by atoms with Crippen LogP contribution in [0.25, 0.3) is 11.5 Å². The molecule has 9 heteroatoms. The highest BCUT2D eigenvalue weighted by Crippen LogP contribution is 2.25. The van der Waals surface area contributed by atoms with Crippen LogP contribution < -0.4 is 5.43 Å². The van der Waals surface area contributed by atoms with Gasteiger partial charge in [0.2, 0.25) is 5.88 Å². The fourth-order valence-electron chi connectivity index (χ4n) is 2.01. The number of carbonyl (C=O) groups is 1. The fourth-order valence-corrected chi connectivity index (χ4v) is 2.19. The van der Waals surface area contributed by atoms with Crippen LogP contribution in [0.2, 0.25) is 5.02 Å². The molecule has 8 nitrogen and oxygen atoms in total. The van der Waals surface area contributed by atoms with Crippen molar-refractivity contribution in [3.8, 4) is 23.1 Å². The van der Waals surface area contributed by atoms with Crippen LogP contribution in [-0.4, -0.2) is 37.3 Å². The van der Waals surface area contributed by atoms with Crippen LogP contribution in [0.5, 0.6) is 11.6 Å². The molecule has 0 unspecified atom stereocenters. The zero-order valence-electron chi connectivity index (χ0n) is 13.2. The summed E-state index contributed by atoms with van der Waals surface area (Å²) in [5.41, 5.74) is 2.84. The summed E-state index contributed by atoms with van der Waals surface area (Å²) in [6, 6.07) is 9.88. The van der Waals surface area contributed by atoms with Crippen molar-refractivity contribution in [3.63, 3.8) is 0 Å². The number of para-hydroxylation sites is 1. The summed E-state index contributed by atoms with van der Waals surface area (Å²) in [5.74, 6) is -1.18. The van der Waals surface area contributed by atoms with Crippen molar-refractivity contribution in [1.82, 2.24) is 20.4 Å². The Morgan fingerprint density at radius 1 is 1.15 bits per heavy atom. The SMILES string of the molecule is O=C(N/N=C/c1cccc(Cl)c1O)c1cnc(-c2ccccn2)nc1O. The van der Waals surface area contributed by atoms with Gasteiger partial charge in [0, 0.05) is 18.0 Å². The van der Waals surface area contributed by atoms with Gasteiger partial charge in [-0.3, -0.25) is 9.78 Å². The van der Waals surface area contributed by atoms with Crippen LogP contribution in [-0.2, 0) is 0 Å². The van der Waals surface area contributed by atoms with Gasteiger partial charge >= 0.3 is 0 Å². The predicted octanol–water partition coefficient (Wildman–Crippen LogP) is 2.37. The molecule has 0 aliphatic heterocycles. The minimum Gasteiger partial charge on any atom is -0.506 e. The average molecular weight is 370 g/mol. The van der Waals surface area contributed by atoms with Crippen LogP contribution >= 0.6 is 11.6 Å². The molecule has 0 spiro atoms. The zero-order valence-corrected chi connectivity index (χ0v) is 13.9. The summed E-state index contributed by atoms with van der Waals surface area (Å²) < 4.78 is 0. The Morgan fingerprint density at radius 3 is 2.73 bits per heavy atom. The topological polar surface area (TPSA) is 121 Å². The number of hydrazone groups is 1. The molecule has 2 heterocycles. The Morgan fingerprint density at radius 2 is 2.00 bits per heavy atom. The van der Waals surface area contributed by atoms with E-state index in [1.807, 2.05) is 0 Å². The third-order valence-electron chi connectivity index (χ3n) is 3.29. The van der Waals surface area contributed by atoms with Gasteiger partial charge in [-0.1, -0.05) is 23.7 Å². The van der Waals surface area contributed by atoms with Crippen LogP contribution in [0.4, 0.5) is 0 Å². The standard InChI is InChI=1S/C17H12ClN5O3/c18-12-5-3-4-10(14(12)24)8-21-23-17(26)11-9-20-15(22-16(11)25)13-6-1-2-7-19-13/h1-9,24H,(H,23,26)(H,20,22,25)/b21-8+. The highest BCUT2D eigenvalue weighted by atomic mass is 35.5. The van der Waals surface area contributed by atoms with Crippen LogP contribution in [0, 0.1) is 0 Å². The quantitative estimate of drug-likeness (QED) is 0.479. The summed E-state index contributed by atoms with van der Waals surface area (Å²) in [4.78, 5) is 24.0. The first-order chi connectivity index (χ1) is 12.6. The first-order valence-electron chi connectivity index (χ1n) is 7.34. The van der Waals surface area contributed by atoms with Crippen molar-refractivity contribution in [2.75, 3.05) is 0 Å². The second-order valence-electron chi connectivity index (χ2n) is 5.02. The second-order valence-corrected chi connectivity index (χ2v) is 5.43. The highest BCUT2D eigenvalue weighted by molar-refractivity contribution is 6.32. The molecule has 1 amide bonds. The number of pyridine rings is 1. The second kappa shape index (κ2) is 7.58. The number of aromatic hydroxyl groups is 2. The van der Waals surface area contributed by atoms with E-state index in [-0.39, 0.29) is 22.2 Å². The number of phenolic OH excluding ortho intramolecular Hbond substituents is 1. The van der Waals surface area contributed by atoms with E-state index in [4.69, 9.17) is 11.6 Å². The molecule has 0 aliphatic carbocycles. The van der Waals surface area contributed by atoms with Gasteiger partial charge in [0.05, 0.1) is 11.2 Å². The van der Waals surface area contributed by atoms with Crippen LogP contribution in [0.3, 0.4) is 0 Å². The molecule has 0 radical (unpaired) electrons. The van der Waals surface area contributed by atoms with Crippen LogP contribution in [0.15, 0.2) is 53.9 Å². The number of hydrogen-bond acceptors (Lipinski definition) is 7. The molecule has 3 aromatic rings. The van der Waals surface area contributed by atoms with E-state index < -0.39 is 11.8 Å². The molecule has 0 saturated heterocycles. The first kappa shape index (κ1) is 17.3. The maximum Gasteiger partial charge on any atom is 0.278 e. The monoisotopic (exact) mass is 369 g/mol. The lowest BCUT2D eigenvalue weighted by Gasteiger charge is -2.04. The van der Waals surface area contributed by atoms with Gasteiger partial charge in [0.25, 0.3) is 5.91 Å². The number of carbonyl (C=O) groups excluding carboxylic acids is 1. The maximum absolute atomic E-state index is 12.1. The largest absolute Gasteiger partial charge is 0.506 e. The molecule has 1 aromatic carbocycles. The minimum atomic E-state index is -0.715. The van der Waals surface area contributed by atoms with Gasteiger partial charge in [0.1, 0.15) is 17.0 Å². The summed E-state index contributed by atoms with van der Waals surface area (Å²) in [6.07, 6.45) is 3.96. The van der Waals surface area contributed by atoms with E-state index in [0.717, 1.165) is 0 Å². The van der Waals surface area contributed by atoms with E-state index in [2.05, 4.69) is 25.5 Å². The van der Waals surface area contributed by atoms with Crippen LogP contribution in [0.1, 0.15) is 15.9 Å². The number of aromatic nitrogens is 3. The fraction of sp³-hybridized carbons (Fsp3) is 0. The number of hydrogen-bond donors (Lipinski definition) is 3. The molecule has 0 saturated carbocycles. The Hall–Kier alpha value is -3.52. The number of amides is 1. The Labute approximate surface area is 152 Å². The Bertz CT molecular complexity index is 979. The first-order valence-corrected chi connectivity index (χ1v) is 7.72. The summed E-state index contributed by atoms with van der Waals surface area (Å²) in [7, 11) is 0. The smallest absolute Gasteiger partial charge is 0.278 e. The molecule has 0 fully saturated rings. The summed E-state index contributed by atoms with van der Waals surface area (Å²) >= 11 is 5.78. The molecular weight excluding hydrogens is 358 g/mol. The lowest BCUT2D eigenvalue weighted by molar-refractivity contribution is 0.0951. The predicted molar refractivity (Wildman–Crippen MR) is 95.1 cm³/mol. The van der Waals surface area contributed by atoms with E-state index in [0.29, 0.717) is 11.3 Å². The number of nitrogens with zero attached hydrogens (tertiary/aromatic N) is 4. The number of nitrogens with one attached hydrogen (secondary N) is 1. The van der Waals surface area contributed by atoms with E-state index >= 15 is 0 Å². The third-order valence-corrected chi connectivity index (χ3v) is 3.60. The van der Waals surface area contributed by atoms with E-state index in [1.54, 1.807) is 36.5 Å². The number of rotatable bonds is 4. The lowest BCUT2D eigenvalue weighted by Crippen LogP contribution is -2.18. The zero-order chi connectivity index (χ0) is 18.5. The molecule has 0 aliphatic rings. The molecule has 3 N–H and O–H groups in total. The molecule has 0 atom stereocenters. The van der Waals surface area contributed by atoms with Crippen molar-refractivity contribution in [2.24, 2.45) is 5.10 Å². The van der Waals surface area contributed by atoms with Gasteiger partial charge < -0.3 is 10.2 Å². The Kier molecular flexibility index (Phi) is 5.04. The van der Waals surface area contributed by atoms with Crippen molar-refractivity contribution >= 4 is 23.7 Å². The highest BCUT2D eigenvalue weighted by Gasteiger charge is 2.15. The molecule has 0 bridgehead atoms. The maximum atomic E-state index is 12.1. The molecule has 2 aromatic heterocycles. The summed E-state index contributed by atoms with van der Waals surface area (Å²) in [6.45, 7) is 0. The minimum absolute atomic E-state index is 0.155.